The van der Waals surface area contributed by atoms with Crippen molar-refractivity contribution in [1.82, 2.24) is 16.0 Å². The van der Waals surface area contributed by atoms with Crippen molar-refractivity contribution < 1.29 is 14.4 Å². The minimum absolute atomic E-state index is 0.273. The number of fused-ring (bicyclic) bond motifs is 2. The average Bonchev–Trinajstić information content (AvgIpc) is 2.87. The van der Waals surface area contributed by atoms with Crippen LogP contribution in [-0.2, 0) is 27.2 Å². The van der Waals surface area contributed by atoms with Crippen molar-refractivity contribution in [2.24, 2.45) is 0 Å². The zero-order valence-electron chi connectivity index (χ0n) is 22.4. The van der Waals surface area contributed by atoms with E-state index in [1.54, 1.807) is 0 Å². The zero-order chi connectivity index (χ0) is 27.3. The fourth-order valence-electron chi connectivity index (χ4n) is 4.77. The van der Waals surface area contributed by atoms with Gasteiger partial charge < -0.3 is 16.0 Å². The number of hydrogen-bond acceptors (Lipinski definition) is 3. The first-order chi connectivity index (χ1) is 18.1. The van der Waals surface area contributed by atoms with Gasteiger partial charge in [-0.2, -0.15) is 0 Å². The predicted octanol–water partition coefficient (Wildman–Crippen LogP) is 4.68. The Morgan fingerprint density at radius 1 is 0.632 bits per heavy atom. The molecule has 0 aliphatic heterocycles. The van der Waals surface area contributed by atoms with Crippen LogP contribution in [0.2, 0.25) is 0 Å². The maximum absolute atomic E-state index is 13.6. The van der Waals surface area contributed by atoms with E-state index in [-0.39, 0.29) is 11.8 Å². The van der Waals surface area contributed by atoms with E-state index < -0.39 is 23.5 Å². The molecular weight excluding hydrogens is 474 g/mol. The molecule has 0 heterocycles. The smallest absolute Gasteiger partial charge is 0.243 e. The van der Waals surface area contributed by atoms with Crippen molar-refractivity contribution in [2.75, 3.05) is 0 Å². The average molecular weight is 510 g/mol. The lowest BCUT2D eigenvalue weighted by atomic mass is 9.96. The van der Waals surface area contributed by atoms with Gasteiger partial charge >= 0.3 is 0 Å². The Labute approximate surface area is 223 Å². The second-order valence-electron chi connectivity index (χ2n) is 10.7. The lowest BCUT2D eigenvalue weighted by molar-refractivity contribution is -0.132. The summed E-state index contributed by atoms with van der Waals surface area (Å²) >= 11 is 0. The normalized spacial score (nSPS) is 13.1. The monoisotopic (exact) mass is 509 g/mol. The van der Waals surface area contributed by atoms with Gasteiger partial charge in [-0.1, -0.05) is 84.9 Å². The van der Waals surface area contributed by atoms with Crippen molar-refractivity contribution in [1.29, 1.82) is 0 Å². The number of carbonyl (C=O) groups is 3. The van der Waals surface area contributed by atoms with Crippen LogP contribution in [0.1, 0.15) is 38.8 Å². The maximum Gasteiger partial charge on any atom is 0.243 e. The molecule has 0 fully saturated rings. The zero-order valence-corrected chi connectivity index (χ0v) is 22.4. The van der Waals surface area contributed by atoms with Crippen LogP contribution < -0.4 is 16.0 Å². The van der Waals surface area contributed by atoms with Gasteiger partial charge in [0.2, 0.25) is 17.7 Å². The van der Waals surface area contributed by atoms with Crippen LogP contribution >= 0.6 is 0 Å². The first-order valence-electron chi connectivity index (χ1n) is 12.9. The topological polar surface area (TPSA) is 87.3 Å². The molecule has 2 atom stereocenters. The minimum atomic E-state index is -0.837. The number of amides is 3. The summed E-state index contributed by atoms with van der Waals surface area (Å²) in [5.74, 6) is -0.983. The summed E-state index contributed by atoms with van der Waals surface area (Å²) in [5, 5.41) is 12.9. The Balaban J connectivity index is 1.63. The van der Waals surface area contributed by atoms with E-state index in [0.717, 1.165) is 32.7 Å². The summed E-state index contributed by atoms with van der Waals surface area (Å²) in [6.45, 7) is 7.11. The lowest BCUT2D eigenvalue weighted by Gasteiger charge is -2.27. The highest BCUT2D eigenvalue weighted by Gasteiger charge is 2.29. The Morgan fingerprint density at radius 3 is 1.55 bits per heavy atom. The first-order valence-corrected chi connectivity index (χ1v) is 12.9. The van der Waals surface area contributed by atoms with Crippen molar-refractivity contribution in [3.05, 3.63) is 96.1 Å². The van der Waals surface area contributed by atoms with Gasteiger partial charge in [-0.25, -0.2) is 0 Å². The van der Waals surface area contributed by atoms with Crippen molar-refractivity contribution >= 4 is 39.3 Å². The third-order valence-electron chi connectivity index (χ3n) is 6.43. The third kappa shape index (κ3) is 6.76. The molecular formula is C32H35N3O3. The van der Waals surface area contributed by atoms with Crippen LogP contribution in [0, 0.1) is 0 Å². The molecule has 3 N–H and O–H groups in total. The van der Waals surface area contributed by atoms with E-state index >= 15 is 0 Å². The summed E-state index contributed by atoms with van der Waals surface area (Å²) in [7, 11) is 0. The molecule has 0 aliphatic rings. The molecule has 0 saturated heterocycles. The number of rotatable bonds is 8. The molecule has 0 aliphatic carbocycles. The SMILES string of the molecule is CC(=O)NC(Cc1cccc2ccccc12)C(=O)NC(Cc1cccc2ccccc12)C(=O)NC(C)(C)C. The standard InChI is InChI=1S/C32H35N3O3/c1-21(36)33-28(19-24-15-9-13-22-11-5-7-17-26(22)24)30(37)34-29(31(38)35-32(2,3)4)20-25-16-10-14-23-12-6-8-18-27(23)25/h5-18,28-29H,19-20H2,1-4H3,(H,33,36)(H,34,37)(H,35,38). The van der Waals surface area contributed by atoms with Gasteiger partial charge in [-0.15, -0.1) is 0 Å². The van der Waals surface area contributed by atoms with Gasteiger partial charge in [0.05, 0.1) is 0 Å². The number of benzene rings is 4. The van der Waals surface area contributed by atoms with Gasteiger partial charge in [-0.05, 0) is 53.4 Å². The molecule has 4 rings (SSSR count). The van der Waals surface area contributed by atoms with Crippen molar-refractivity contribution in [2.45, 2.75) is 58.2 Å². The number of nitrogens with one attached hydrogen (secondary N) is 3. The molecule has 6 heteroatoms. The Hall–Kier alpha value is -4.19. The highest BCUT2D eigenvalue weighted by atomic mass is 16.2. The molecule has 0 saturated carbocycles. The van der Waals surface area contributed by atoms with E-state index in [2.05, 4.69) is 16.0 Å². The summed E-state index contributed by atoms with van der Waals surface area (Å²) in [6, 6.07) is 26.2. The summed E-state index contributed by atoms with van der Waals surface area (Å²) in [4.78, 5) is 39.1. The lowest BCUT2D eigenvalue weighted by Crippen LogP contribution is -2.57. The molecule has 196 valence electrons. The van der Waals surface area contributed by atoms with Gasteiger partial charge in [0.15, 0.2) is 0 Å². The summed E-state index contributed by atoms with van der Waals surface area (Å²) in [5.41, 5.74) is 1.43. The van der Waals surface area contributed by atoms with Crippen LogP contribution in [-0.4, -0.2) is 35.3 Å². The van der Waals surface area contributed by atoms with Crippen molar-refractivity contribution in [3.8, 4) is 0 Å². The van der Waals surface area contributed by atoms with E-state index in [1.165, 1.54) is 6.92 Å². The minimum Gasteiger partial charge on any atom is -0.350 e. The molecule has 4 aromatic carbocycles. The molecule has 38 heavy (non-hydrogen) atoms. The maximum atomic E-state index is 13.6. The molecule has 3 amide bonds. The fraction of sp³-hybridized carbons (Fsp3) is 0.281. The van der Waals surface area contributed by atoms with Crippen LogP contribution in [0.15, 0.2) is 84.9 Å². The summed E-state index contributed by atoms with van der Waals surface area (Å²) in [6.07, 6.45) is 0.616. The van der Waals surface area contributed by atoms with E-state index in [1.807, 2.05) is 106 Å². The van der Waals surface area contributed by atoms with E-state index in [4.69, 9.17) is 0 Å². The molecule has 6 nitrogen and oxygen atoms in total. The van der Waals surface area contributed by atoms with Crippen LogP contribution in [0.5, 0.6) is 0 Å². The molecule has 0 radical (unpaired) electrons. The quantitative estimate of drug-likeness (QED) is 0.322. The van der Waals surface area contributed by atoms with Gasteiger partial charge in [0.1, 0.15) is 12.1 Å². The molecule has 4 aromatic rings. The highest BCUT2D eigenvalue weighted by molar-refractivity contribution is 5.94. The van der Waals surface area contributed by atoms with E-state index in [0.29, 0.717) is 12.8 Å². The van der Waals surface area contributed by atoms with Gasteiger partial charge in [0, 0.05) is 25.3 Å². The predicted molar refractivity (Wildman–Crippen MR) is 153 cm³/mol. The molecule has 2 unspecified atom stereocenters. The largest absolute Gasteiger partial charge is 0.350 e. The van der Waals surface area contributed by atoms with Crippen LogP contribution in [0.4, 0.5) is 0 Å². The van der Waals surface area contributed by atoms with Crippen LogP contribution in [0.25, 0.3) is 21.5 Å². The fourth-order valence-corrected chi connectivity index (χ4v) is 4.77. The molecule has 0 spiro atoms. The van der Waals surface area contributed by atoms with Crippen LogP contribution in [0.3, 0.4) is 0 Å². The Kier molecular flexibility index (Phi) is 8.10. The second kappa shape index (κ2) is 11.5. The molecule has 0 aromatic heterocycles. The highest BCUT2D eigenvalue weighted by Crippen LogP contribution is 2.22. The Morgan fingerprint density at radius 2 is 1.08 bits per heavy atom. The summed E-state index contributed by atoms with van der Waals surface area (Å²) < 4.78 is 0. The first kappa shape index (κ1) is 26.9. The number of hydrogen-bond donors (Lipinski definition) is 3. The third-order valence-corrected chi connectivity index (χ3v) is 6.43. The van der Waals surface area contributed by atoms with Gasteiger partial charge in [-0.3, -0.25) is 14.4 Å². The number of carbonyl (C=O) groups excluding carboxylic acids is 3. The van der Waals surface area contributed by atoms with E-state index in [9.17, 15) is 14.4 Å². The van der Waals surface area contributed by atoms with Crippen molar-refractivity contribution in [3.63, 3.8) is 0 Å². The van der Waals surface area contributed by atoms with Gasteiger partial charge in [0.25, 0.3) is 0 Å². The Bertz CT molecular complexity index is 1460. The molecule has 0 bridgehead atoms. The second-order valence-corrected chi connectivity index (χ2v) is 10.7.